The number of allylic oxidation sites excluding steroid dienone is 3. The monoisotopic (exact) mass is 223 g/mol. The summed E-state index contributed by atoms with van der Waals surface area (Å²) in [7, 11) is 1.30. The van der Waals surface area contributed by atoms with E-state index in [9.17, 15) is 9.59 Å². The van der Waals surface area contributed by atoms with Gasteiger partial charge in [0.25, 0.3) is 0 Å². The second-order valence-corrected chi connectivity index (χ2v) is 4.09. The summed E-state index contributed by atoms with van der Waals surface area (Å²) in [5.41, 5.74) is 1.63. The van der Waals surface area contributed by atoms with E-state index in [1.54, 1.807) is 0 Å². The second-order valence-electron chi connectivity index (χ2n) is 4.09. The van der Waals surface area contributed by atoms with Gasteiger partial charge in [0, 0.05) is 11.6 Å². The molecule has 4 heteroatoms. The van der Waals surface area contributed by atoms with Crippen LogP contribution in [0.2, 0.25) is 0 Å². The van der Waals surface area contributed by atoms with Crippen molar-refractivity contribution in [1.29, 1.82) is 0 Å². The molecule has 2 atom stereocenters. The second kappa shape index (κ2) is 4.96. The maximum Gasteiger partial charge on any atom is 0.411 e. The number of amides is 1. The molecular formula is C12H17NO3. The van der Waals surface area contributed by atoms with Gasteiger partial charge in [-0.05, 0) is 20.3 Å². The molecule has 0 saturated heterocycles. The quantitative estimate of drug-likeness (QED) is 0.745. The normalized spacial score (nSPS) is 23.6. The van der Waals surface area contributed by atoms with E-state index in [4.69, 9.17) is 0 Å². The lowest BCUT2D eigenvalue weighted by molar-refractivity contribution is -0.119. The third kappa shape index (κ3) is 2.72. The number of ether oxygens (including phenoxy) is 1. The fourth-order valence-electron chi connectivity index (χ4n) is 1.81. The minimum Gasteiger partial charge on any atom is -0.453 e. The number of hydrogen-bond acceptors (Lipinski definition) is 3. The minimum atomic E-state index is -0.542. The van der Waals surface area contributed by atoms with Gasteiger partial charge in [0.1, 0.15) is 5.78 Å². The summed E-state index contributed by atoms with van der Waals surface area (Å²) in [6, 6.07) is 0. The third-order valence-electron chi connectivity index (χ3n) is 2.80. The molecule has 0 aromatic carbocycles. The van der Waals surface area contributed by atoms with Crippen molar-refractivity contribution in [2.24, 2.45) is 11.8 Å². The Morgan fingerprint density at radius 3 is 2.56 bits per heavy atom. The van der Waals surface area contributed by atoms with Crippen molar-refractivity contribution in [1.82, 2.24) is 5.32 Å². The van der Waals surface area contributed by atoms with Crippen molar-refractivity contribution < 1.29 is 14.3 Å². The third-order valence-corrected chi connectivity index (χ3v) is 2.80. The zero-order valence-corrected chi connectivity index (χ0v) is 9.87. The number of Topliss-reactive ketones (excluding diaryl/α,β-unsaturated/α-hetero) is 1. The number of carbonyl (C=O) groups is 2. The SMILES string of the molecule is C=C(C)C1C=C(NC(=O)OC)C(C(C)=O)C1. The summed E-state index contributed by atoms with van der Waals surface area (Å²) in [5, 5.41) is 2.58. The summed E-state index contributed by atoms with van der Waals surface area (Å²) in [5.74, 6) is -0.0479. The molecule has 1 N–H and O–H groups in total. The molecule has 2 unspecified atom stereocenters. The molecule has 0 saturated carbocycles. The fraction of sp³-hybridized carbons (Fsp3) is 0.500. The molecule has 16 heavy (non-hydrogen) atoms. The first kappa shape index (κ1) is 12.5. The lowest BCUT2D eigenvalue weighted by Gasteiger charge is -2.12. The van der Waals surface area contributed by atoms with Crippen LogP contribution >= 0.6 is 0 Å². The number of carbonyl (C=O) groups excluding carboxylic acids is 2. The highest BCUT2D eigenvalue weighted by Gasteiger charge is 2.31. The van der Waals surface area contributed by atoms with Crippen LogP contribution in [0.5, 0.6) is 0 Å². The van der Waals surface area contributed by atoms with Gasteiger partial charge in [-0.3, -0.25) is 10.1 Å². The number of hydrogen-bond donors (Lipinski definition) is 1. The Morgan fingerprint density at radius 2 is 2.12 bits per heavy atom. The van der Waals surface area contributed by atoms with Gasteiger partial charge in [-0.1, -0.05) is 18.2 Å². The highest BCUT2D eigenvalue weighted by molar-refractivity contribution is 5.83. The molecule has 0 aliphatic heterocycles. The maximum atomic E-state index is 11.4. The van der Waals surface area contributed by atoms with Crippen LogP contribution in [0, 0.1) is 11.8 Å². The Bertz CT molecular complexity index is 357. The topological polar surface area (TPSA) is 55.4 Å². The largest absolute Gasteiger partial charge is 0.453 e. The molecule has 0 aromatic heterocycles. The smallest absolute Gasteiger partial charge is 0.411 e. The van der Waals surface area contributed by atoms with Gasteiger partial charge in [0.15, 0.2) is 0 Å². The van der Waals surface area contributed by atoms with Crippen molar-refractivity contribution in [3.8, 4) is 0 Å². The average molecular weight is 223 g/mol. The molecule has 0 spiro atoms. The van der Waals surface area contributed by atoms with Crippen LogP contribution in [0.15, 0.2) is 23.9 Å². The highest BCUT2D eigenvalue weighted by Crippen LogP contribution is 2.33. The molecular weight excluding hydrogens is 206 g/mol. The number of rotatable bonds is 3. The highest BCUT2D eigenvalue weighted by atomic mass is 16.5. The van der Waals surface area contributed by atoms with E-state index in [0.29, 0.717) is 12.1 Å². The molecule has 0 bridgehead atoms. The van der Waals surface area contributed by atoms with Gasteiger partial charge < -0.3 is 4.74 Å². The van der Waals surface area contributed by atoms with E-state index in [0.717, 1.165) is 5.57 Å². The Kier molecular flexibility index (Phi) is 3.88. The summed E-state index contributed by atoms with van der Waals surface area (Å²) in [6.07, 6.45) is 2.02. The summed E-state index contributed by atoms with van der Waals surface area (Å²) >= 11 is 0. The van der Waals surface area contributed by atoms with E-state index in [-0.39, 0.29) is 17.6 Å². The molecule has 0 radical (unpaired) electrons. The van der Waals surface area contributed by atoms with Crippen LogP contribution in [0.25, 0.3) is 0 Å². The number of nitrogens with one attached hydrogen (secondary N) is 1. The van der Waals surface area contributed by atoms with Crippen LogP contribution in [0.4, 0.5) is 4.79 Å². The number of ketones is 1. The van der Waals surface area contributed by atoms with Gasteiger partial charge in [-0.2, -0.15) is 0 Å². The molecule has 1 rings (SSSR count). The van der Waals surface area contributed by atoms with Crippen LogP contribution in [0.1, 0.15) is 20.3 Å². The lowest BCUT2D eigenvalue weighted by Crippen LogP contribution is -2.27. The van der Waals surface area contributed by atoms with Crippen molar-refractivity contribution in [2.45, 2.75) is 20.3 Å². The van der Waals surface area contributed by atoms with Crippen LogP contribution < -0.4 is 5.32 Å². The predicted molar refractivity (Wildman–Crippen MR) is 60.7 cm³/mol. The zero-order chi connectivity index (χ0) is 12.3. The number of methoxy groups -OCH3 is 1. The Hall–Kier alpha value is -1.58. The predicted octanol–water partition coefficient (Wildman–Crippen LogP) is 2.03. The van der Waals surface area contributed by atoms with E-state index in [2.05, 4.69) is 16.6 Å². The van der Waals surface area contributed by atoms with E-state index >= 15 is 0 Å². The number of alkyl carbamates (subject to hydrolysis) is 1. The first-order valence-electron chi connectivity index (χ1n) is 5.18. The van der Waals surface area contributed by atoms with Gasteiger partial charge >= 0.3 is 6.09 Å². The van der Waals surface area contributed by atoms with Gasteiger partial charge in [-0.25, -0.2) is 4.79 Å². The average Bonchev–Trinajstić information content (AvgIpc) is 2.61. The standard InChI is InChI=1S/C12H17NO3/c1-7(2)9-5-10(8(3)14)11(6-9)13-12(15)16-4/h6,9-10H,1,5H2,2-4H3,(H,13,15). The van der Waals surface area contributed by atoms with Gasteiger partial charge in [-0.15, -0.1) is 0 Å². The molecule has 0 fully saturated rings. The van der Waals surface area contributed by atoms with E-state index in [1.807, 2.05) is 13.0 Å². The Balaban J connectivity index is 2.82. The van der Waals surface area contributed by atoms with Crippen LogP contribution in [0.3, 0.4) is 0 Å². The Morgan fingerprint density at radius 1 is 1.50 bits per heavy atom. The van der Waals surface area contributed by atoms with Crippen molar-refractivity contribution in [2.75, 3.05) is 7.11 Å². The van der Waals surface area contributed by atoms with Crippen molar-refractivity contribution in [3.05, 3.63) is 23.9 Å². The van der Waals surface area contributed by atoms with E-state index < -0.39 is 6.09 Å². The van der Waals surface area contributed by atoms with Crippen molar-refractivity contribution >= 4 is 11.9 Å². The summed E-state index contributed by atoms with van der Waals surface area (Å²) < 4.78 is 4.51. The molecule has 0 heterocycles. The lowest BCUT2D eigenvalue weighted by atomic mass is 9.95. The molecule has 1 aliphatic carbocycles. The zero-order valence-electron chi connectivity index (χ0n) is 9.87. The first-order valence-corrected chi connectivity index (χ1v) is 5.18. The summed E-state index contributed by atoms with van der Waals surface area (Å²) in [4.78, 5) is 22.5. The fourth-order valence-corrected chi connectivity index (χ4v) is 1.81. The molecule has 88 valence electrons. The summed E-state index contributed by atoms with van der Waals surface area (Å²) in [6.45, 7) is 7.31. The maximum absolute atomic E-state index is 11.4. The molecule has 1 aliphatic rings. The van der Waals surface area contributed by atoms with Gasteiger partial charge in [0.05, 0.1) is 13.0 Å². The minimum absolute atomic E-state index is 0.0476. The van der Waals surface area contributed by atoms with Crippen LogP contribution in [-0.2, 0) is 9.53 Å². The first-order chi connectivity index (χ1) is 7.45. The Labute approximate surface area is 95.4 Å². The molecule has 1 amide bonds. The van der Waals surface area contributed by atoms with Crippen LogP contribution in [-0.4, -0.2) is 19.0 Å². The van der Waals surface area contributed by atoms with E-state index in [1.165, 1.54) is 14.0 Å². The molecule has 4 nitrogen and oxygen atoms in total. The van der Waals surface area contributed by atoms with Crippen molar-refractivity contribution in [3.63, 3.8) is 0 Å². The molecule has 0 aromatic rings. The van der Waals surface area contributed by atoms with Gasteiger partial charge in [0.2, 0.25) is 0 Å².